The normalized spacial score (nSPS) is 17.4. The molecule has 0 heterocycles. The van der Waals surface area contributed by atoms with Gasteiger partial charge in [-0.05, 0) is 6.92 Å². The molecule has 25 heteroatoms. The van der Waals surface area contributed by atoms with Gasteiger partial charge in [0.1, 0.15) is 0 Å². The van der Waals surface area contributed by atoms with Crippen LogP contribution in [0.25, 0.3) is 0 Å². The number of hydrogen-bond acceptors (Lipinski definition) is 2. The number of alkyl halides is 23. The van der Waals surface area contributed by atoms with Gasteiger partial charge in [-0.15, -0.1) is 0 Å². The second kappa shape index (κ2) is 9.31. The molecule has 0 aliphatic rings. The summed E-state index contributed by atoms with van der Waals surface area (Å²) < 4.78 is 306. The minimum atomic E-state index is -9.47. The lowest BCUT2D eigenvalue weighted by molar-refractivity contribution is -0.489. The van der Waals surface area contributed by atoms with Gasteiger partial charge in [-0.3, -0.25) is 0 Å². The van der Waals surface area contributed by atoms with E-state index in [1.807, 2.05) is 0 Å². The van der Waals surface area contributed by atoms with E-state index in [4.69, 9.17) is 0 Å². The average molecular weight is 654 g/mol. The molecule has 0 amide bonds. The third-order valence-corrected chi connectivity index (χ3v) is 4.47. The summed E-state index contributed by atoms with van der Waals surface area (Å²) in [6, 6.07) is 0. The maximum Gasteiger partial charge on any atom is 0.461 e. The van der Waals surface area contributed by atoms with Crippen LogP contribution in [0.3, 0.4) is 0 Å². The highest BCUT2D eigenvalue weighted by Gasteiger charge is 2.99. The Morgan fingerprint density at radius 2 is 0.650 bits per heavy atom. The highest BCUT2D eigenvalue weighted by atomic mass is 19.4. The SMILES string of the molecule is C=C(C)C(=O)OC(F)(C(F)(F)C(F)(F)F)C(F)(F)C(F)(F)C(F)(F)C(F)(F)C(F)(F)C(F)(F)C(F)(F)C(F)(F)F. The molecule has 0 aliphatic carbocycles. The predicted octanol–water partition coefficient (Wildman–Crippen LogP) is 7.98. The molecule has 2 nitrogen and oxygen atoms in total. The maximum atomic E-state index is 14.4. The first-order valence-corrected chi connectivity index (χ1v) is 8.56. The average Bonchev–Trinajstić information content (AvgIpc) is 2.70. The third kappa shape index (κ3) is 4.57. The molecule has 0 rings (SSSR count). The zero-order chi connectivity index (χ0) is 33.4. The standard InChI is InChI=1S/C15H5F23O2/c1-3(2)4(39)40-13(32,12(30,31)15(36,37)38)10(26,27)8(22,23)6(18,19)5(16,17)7(20,21)9(24,25)11(28,29)14(33,34)35/h1H2,2H3. The molecule has 0 aromatic carbocycles. The van der Waals surface area contributed by atoms with Crippen molar-refractivity contribution in [1.29, 1.82) is 0 Å². The lowest BCUT2D eigenvalue weighted by Gasteiger charge is -2.46. The van der Waals surface area contributed by atoms with Crippen LogP contribution in [-0.4, -0.2) is 71.6 Å². The Morgan fingerprint density at radius 1 is 0.425 bits per heavy atom. The first-order chi connectivity index (χ1) is 16.8. The van der Waals surface area contributed by atoms with Crippen molar-refractivity contribution < 1.29 is 111 Å². The molecule has 0 spiro atoms. The summed E-state index contributed by atoms with van der Waals surface area (Å²) in [7, 11) is 0. The summed E-state index contributed by atoms with van der Waals surface area (Å²) in [5, 5.41) is 0. The molecule has 0 bridgehead atoms. The van der Waals surface area contributed by atoms with Crippen molar-refractivity contribution in [2.75, 3.05) is 0 Å². The van der Waals surface area contributed by atoms with Gasteiger partial charge in [0.15, 0.2) is 0 Å². The zero-order valence-electron chi connectivity index (χ0n) is 17.7. The smallest absolute Gasteiger partial charge is 0.413 e. The maximum absolute atomic E-state index is 14.4. The van der Waals surface area contributed by atoms with Crippen LogP contribution in [0.1, 0.15) is 6.92 Å². The number of carbonyl (C=O) groups excluding carboxylic acids is 1. The first-order valence-electron chi connectivity index (χ1n) is 8.56. The molecule has 1 unspecified atom stereocenters. The van der Waals surface area contributed by atoms with Gasteiger partial charge in [0, 0.05) is 5.57 Å². The Balaban J connectivity index is 7.60. The summed E-state index contributed by atoms with van der Waals surface area (Å²) in [5.41, 5.74) is -1.82. The van der Waals surface area contributed by atoms with Gasteiger partial charge in [0.05, 0.1) is 0 Å². The number of rotatable bonds is 10. The van der Waals surface area contributed by atoms with E-state index in [1.54, 1.807) is 0 Å². The molecule has 0 aliphatic heterocycles. The minimum Gasteiger partial charge on any atom is -0.413 e. The van der Waals surface area contributed by atoms with Crippen molar-refractivity contribution in [3.05, 3.63) is 12.2 Å². The molecule has 0 N–H and O–H groups in total. The number of hydrogen-bond donors (Lipinski definition) is 0. The molecule has 0 aromatic rings. The number of ether oxygens (including phenoxy) is 1. The third-order valence-electron chi connectivity index (χ3n) is 4.47. The van der Waals surface area contributed by atoms with Crippen LogP contribution in [-0.2, 0) is 9.53 Å². The van der Waals surface area contributed by atoms with Crippen molar-refractivity contribution in [3.8, 4) is 0 Å². The van der Waals surface area contributed by atoms with Crippen LogP contribution in [0.15, 0.2) is 12.2 Å². The van der Waals surface area contributed by atoms with Crippen molar-refractivity contribution >= 4 is 5.97 Å². The van der Waals surface area contributed by atoms with Gasteiger partial charge in [0.25, 0.3) is 0 Å². The van der Waals surface area contributed by atoms with Gasteiger partial charge < -0.3 is 4.74 Å². The molecule has 1 atom stereocenters. The van der Waals surface area contributed by atoms with E-state index in [1.165, 1.54) is 0 Å². The Bertz CT molecular complexity index is 985. The number of halogens is 23. The molecule has 0 aromatic heterocycles. The van der Waals surface area contributed by atoms with Crippen molar-refractivity contribution in [3.63, 3.8) is 0 Å². The fourth-order valence-electron chi connectivity index (χ4n) is 2.09. The van der Waals surface area contributed by atoms with Crippen LogP contribution in [0, 0.1) is 0 Å². The molecular formula is C15H5F23O2. The van der Waals surface area contributed by atoms with Crippen LogP contribution in [0.2, 0.25) is 0 Å². The highest BCUT2D eigenvalue weighted by Crippen LogP contribution is 2.67. The van der Waals surface area contributed by atoms with Gasteiger partial charge in [-0.25, -0.2) is 4.79 Å². The lowest BCUT2D eigenvalue weighted by Crippen LogP contribution is -2.78. The molecule has 0 saturated carbocycles. The van der Waals surface area contributed by atoms with E-state index in [0.717, 1.165) is 0 Å². The molecule has 0 radical (unpaired) electrons. The Labute approximate surface area is 202 Å². The molecule has 0 fully saturated rings. The molecule has 40 heavy (non-hydrogen) atoms. The van der Waals surface area contributed by atoms with E-state index in [-0.39, 0.29) is 6.92 Å². The second-order valence-corrected chi connectivity index (χ2v) is 7.36. The summed E-state index contributed by atoms with van der Waals surface area (Å²) in [5.74, 6) is -84.6. The fraction of sp³-hybridized carbons (Fsp3) is 0.800. The Kier molecular flexibility index (Phi) is 8.75. The van der Waals surface area contributed by atoms with Crippen LogP contribution in [0.4, 0.5) is 101 Å². The van der Waals surface area contributed by atoms with Crippen LogP contribution >= 0.6 is 0 Å². The predicted molar refractivity (Wildman–Crippen MR) is 76.4 cm³/mol. The lowest BCUT2D eigenvalue weighted by atomic mass is 9.85. The van der Waals surface area contributed by atoms with E-state index in [0.29, 0.717) is 0 Å². The topological polar surface area (TPSA) is 26.3 Å². The van der Waals surface area contributed by atoms with E-state index >= 15 is 0 Å². The first kappa shape index (κ1) is 37.6. The van der Waals surface area contributed by atoms with Gasteiger partial charge in [0.2, 0.25) is 0 Å². The molecule has 238 valence electrons. The van der Waals surface area contributed by atoms with Crippen LogP contribution < -0.4 is 0 Å². The van der Waals surface area contributed by atoms with Gasteiger partial charge in [-0.2, -0.15) is 101 Å². The van der Waals surface area contributed by atoms with E-state index < -0.39 is 77.1 Å². The minimum absolute atomic E-state index is 0.0109. The summed E-state index contributed by atoms with van der Waals surface area (Å²) in [6.07, 6.45) is -16.2. The van der Waals surface area contributed by atoms with Crippen molar-refractivity contribution in [1.82, 2.24) is 0 Å². The summed E-state index contributed by atoms with van der Waals surface area (Å²) in [4.78, 5) is 11.1. The number of carbonyl (C=O) groups is 1. The largest absolute Gasteiger partial charge is 0.461 e. The summed E-state index contributed by atoms with van der Waals surface area (Å²) in [6.45, 7) is 2.22. The Morgan fingerprint density at radius 3 is 0.875 bits per heavy atom. The monoisotopic (exact) mass is 654 g/mol. The highest BCUT2D eigenvalue weighted by molar-refractivity contribution is 5.87. The van der Waals surface area contributed by atoms with Crippen molar-refractivity contribution in [2.24, 2.45) is 0 Å². The van der Waals surface area contributed by atoms with Gasteiger partial charge in [-0.1, -0.05) is 6.58 Å². The zero-order valence-corrected chi connectivity index (χ0v) is 17.7. The Hall–Kier alpha value is -2.40. The molecular weight excluding hydrogens is 649 g/mol. The fourth-order valence-corrected chi connectivity index (χ4v) is 2.09. The van der Waals surface area contributed by atoms with Gasteiger partial charge >= 0.3 is 71.6 Å². The van der Waals surface area contributed by atoms with Crippen molar-refractivity contribution in [2.45, 2.75) is 72.5 Å². The molecule has 0 saturated heterocycles. The number of esters is 1. The van der Waals surface area contributed by atoms with E-state index in [2.05, 4.69) is 11.3 Å². The summed E-state index contributed by atoms with van der Waals surface area (Å²) >= 11 is 0. The van der Waals surface area contributed by atoms with E-state index in [9.17, 15) is 106 Å². The van der Waals surface area contributed by atoms with Crippen LogP contribution in [0.5, 0.6) is 0 Å². The quantitative estimate of drug-likeness (QED) is 0.136. The second-order valence-electron chi connectivity index (χ2n) is 7.36.